The van der Waals surface area contributed by atoms with Gasteiger partial charge in [-0.05, 0) is 12.8 Å². The van der Waals surface area contributed by atoms with Crippen LogP contribution in [0.4, 0.5) is 0 Å². The first-order valence-electron chi connectivity index (χ1n) is 22.6. The van der Waals surface area contributed by atoms with Gasteiger partial charge in [0, 0.05) is 12.8 Å². The maximum atomic E-state index is 12.2. The number of carbonyl (C=O) groups is 2. The number of rotatable bonds is 42. The van der Waals surface area contributed by atoms with Crippen molar-refractivity contribution < 1.29 is 24.2 Å². The van der Waals surface area contributed by atoms with Gasteiger partial charge in [-0.3, -0.25) is 9.59 Å². The molecule has 0 aromatic heterocycles. The molecule has 50 heavy (non-hydrogen) atoms. The van der Waals surface area contributed by atoms with Crippen molar-refractivity contribution in [2.45, 2.75) is 264 Å². The Morgan fingerprint density at radius 3 is 0.880 bits per heavy atom. The molecule has 0 spiro atoms. The van der Waals surface area contributed by atoms with Crippen molar-refractivity contribution in [1.29, 1.82) is 0 Å². The lowest BCUT2D eigenvalue weighted by atomic mass is 10.0. The molecule has 5 heteroatoms. The minimum Gasteiger partial charge on any atom is -0.462 e. The minimum atomic E-state index is -0.760. The van der Waals surface area contributed by atoms with Gasteiger partial charge in [-0.2, -0.15) is 0 Å². The van der Waals surface area contributed by atoms with Crippen LogP contribution in [-0.4, -0.2) is 36.4 Å². The highest BCUT2D eigenvalue weighted by atomic mass is 16.6. The molecule has 0 radical (unpaired) electrons. The fourth-order valence-electron chi connectivity index (χ4n) is 6.97. The van der Waals surface area contributed by atoms with Crippen LogP contribution >= 0.6 is 0 Å². The smallest absolute Gasteiger partial charge is 0.306 e. The van der Waals surface area contributed by atoms with E-state index in [9.17, 15) is 14.7 Å². The standard InChI is InChI=1S/C45H88O5/c1-3-5-7-9-11-13-14-15-16-17-18-19-20-21-22-23-24-25-26-27-28-29-30-31-32-34-36-38-40-45(48)50-43(41-46)42-49-44(47)39-37-35-33-12-10-8-6-4-2/h43,46H,3-42H2,1-2H3. The summed E-state index contributed by atoms with van der Waals surface area (Å²) in [4.78, 5) is 24.2. The van der Waals surface area contributed by atoms with E-state index in [0.717, 1.165) is 38.5 Å². The fourth-order valence-corrected chi connectivity index (χ4v) is 6.97. The van der Waals surface area contributed by atoms with Gasteiger partial charge < -0.3 is 14.6 Å². The molecule has 0 aliphatic rings. The predicted octanol–water partition coefficient (Wildman–Crippen LogP) is 14.3. The molecule has 1 N–H and O–H groups in total. The summed E-state index contributed by atoms with van der Waals surface area (Å²) in [5, 5.41) is 9.53. The highest BCUT2D eigenvalue weighted by Gasteiger charge is 2.16. The van der Waals surface area contributed by atoms with Gasteiger partial charge in [-0.15, -0.1) is 0 Å². The molecule has 0 amide bonds. The molecule has 0 aromatic carbocycles. The second kappa shape index (κ2) is 42.3. The average molecular weight is 709 g/mol. The van der Waals surface area contributed by atoms with Crippen molar-refractivity contribution >= 4 is 11.9 Å². The molecule has 0 bridgehead atoms. The second-order valence-electron chi connectivity index (χ2n) is 15.5. The van der Waals surface area contributed by atoms with Crippen LogP contribution in [0.3, 0.4) is 0 Å². The summed E-state index contributed by atoms with van der Waals surface area (Å²) in [6, 6.07) is 0. The fraction of sp³-hybridized carbons (Fsp3) is 0.956. The first kappa shape index (κ1) is 48.9. The molecular weight excluding hydrogens is 620 g/mol. The van der Waals surface area contributed by atoms with Gasteiger partial charge in [0.25, 0.3) is 0 Å². The Morgan fingerprint density at radius 1 is 0.380 bits per heavy atom. The number of hydrogen-bond acceptors (Lipinski definition) is 5. The van der Waals surface area contributed by atoms with Gasteiger partial charge in [0.15, 0.2) is 6.10 Å². The van der Waals surface area contributed by atoms with Gasteiger partial charge in [0.1, 0.15) is 6.61 Å². The summed E-state index contributed by atoms with van der Waals surface area (Å²) in [6.07, 6.45) is 47.8. The van der Waals surface area contributed by atoms with Crippen molar-refractivity contribution in [1.82, 2.24) is 0 Å². The highest BCUT2D eigenvalue weighted by molar-refractivity contribution is 5.70. The number of unbranched alkanes of at least 4 members (excludes halogenated alkanes) is 34. The Hall–Kier alpha value is -1.10. The van der Waals surface area contributed by atoms with Crippen molar-refractivity contribution in [2.24, 2.45) is 0 Å². The minimum absolute atomic E-state index is 0.0579. The molecule has 5 nitrogen and oxygen atoms in total. The Bertz CT molecular complexity index is 680. The SMILES string of the molecule is CCCCCCCCCCCCCCCCCCCCCCCCCCCCCCC(=O)OC(CO)COC(=O)CCCCCCCCCC. The van der Waals surface area contributed by atoms with Gasteiger partial charge in [0.2, 0.25) is 0 Å². The third-order valence-electron chi connectivity index (χ3n) is 10.4. The predicted molar refractivity (Wildman–Crippen MR) is 215 cm³/mol. The Morgan fingerprint density at radius 2 is 0.620 bits per heavy atom. The maximum Gasteiger partial charge on any atom is 0.306 e. The van der Waals surface area contributed by atoms with E-state index in [2.05, 4.69) is 13.8 Å². The Labute approximate surface area is 312 Å². The van der Waals surface area contributed by atoms with Gasteiger partial charge in [-0.1, -0.05) is 232 Å². The molecule has 0 rings (SSSR count). The highest BCUT2D eigenvalue weighted by Crippen LogP contribution is 2.17. The molecule has 0 saturated carbocycles. The zero-order chi connectivity index (χ0) is 36.4. The van der Waals surface area contributed by atoms with Crippen molar-refractivity contribution in [3.05, 3.63) is 0 Å². The number of carbonyl (C=O) groups excluding carboxylic acids is 2. The van der Waals surface area contributed by atoms with E-state index in [1.165, 1.54) is 193 Å². The topological polar surface area (TPSA) is 72.8 Å². The lowest BCUT2D eigenvalue weighted by molar-refractivity contribution is -0.161. The Balaban J connectivity index is 3.35. The van der Waals surface area contributed by atoms with Crippen LogP contribution in [0.2, 0.25) is 0 Å². The molecule has 0 aliphatic carbocycles. The zero-order valence-corrected chi connectivity index (χ0v) is 33.9. The van der Waals surface area contributed by atoms with E-state index >= 15 is 0 Å². The quantitative estimate of drug-likeness (QED) is 0.0505. The van der Waals surface area contributed by atoms with Crippen LogP contribution in [0.25, 0.3) is 0 Å². The molecule has 1 atom stereocenters. The van der Waals surface area contributed by atoms with E-state index in [-0.39, 0.29) is 25.2 Å². The van der Waals surface area contributed by atoms with Gasteiger partial charge in [-0.25, -0.2) is 0 Å². The first-order chi connectivity index (χ1) is 24.6. The number of hydrogen-bond donors (Lipinski definition) is 1. The number of aliphatic hydroxyl groups is 1. The van der Waals surface area contributed by atoms with Crippen molar-refractivity contribution in [3.63, 3.8) is 0 Å². The van der Waals surface area contributed by atoms with Gasteiger partial charge >= 0.3 is 11.9 Å². The van der Waals surface area contributed by atoms with Crippen LogP contribution in [0.1, 0.15) is 258 Å². The summed E-state index contributed by atoms with van der Waals surface area (Å²) < 4.78 is 10.6. The van der Waals surface area contributed by atoms with Crippen LogP contribution in [0.15, 0.2) is 0 Å². The van der Waals surface area contributed by atoms with E-state index < -0.39 is 6.10 Å². The number of esters is 2. The summed E-state index contributed by atoms with van der Waals surface area (Å²) in [5.74, 6) is -0.579. The molecular formula is C45H88O5. The molecule has 298 valence electrons. The lowest BCUT2D eigenvalue weighted by Crippen LogP contribution is -2.28. The largest absolute Gasteiger partial charge is 0.462 e. The maximum absolute atomic E-state index is 12.2. The summed E-state index contributed by atoms with van der Waals surface area (Å²) in [5.41, 5.74) is 0. The molecule has 0 aromatic rings. The summed E-state index contributed by atoms with van der Waals surface area (Å²) in [7, 11) is 0. The van der Waals surface area contributed by atoms with Crippen LogP contribution in [0, 0.1) is 0 Å². The van der Waals surface area contributed by atoms with Gasteiger partial charge in [0.05, 0.1) is 6.61 Å². The summed E-state index contributed by atoms with van der Waals surface area (Å²) in [6.45, 7) is 4.14. The van der Waals surface area contributed by atoms with Crippen LogP contribution in [-0.2, 0) is 19.1 Å². The van der Waals surface area contributed by atoms with Crippen molar-refractivity contribution in [3.8, 4) is 0 Å². The van der Waals surface area contributed by atoms with E-state index in [4.69, 9.17) is 9.47 Å². The normalized spacial score (nSPS) is 12.0. The van der Waals surface area contributed by atoms with Crippen LogP contribution < -0.4 is 0 Å². The molecule has 1 unspecified atom stereocenters. The Kier molecular flexibility index (Phi) is 41.4. The molecule has 0 saturated heterocycles. The second-order valence-corrected chi connectivity index (χ2v) is 15.5. The lowest BCUT2D eigenvalue weighted by Gasteiger charge is -2.15. The van der Waals surface area contributed by atoms with Crippen molar-refractivity contribution in [2.75, 3.05) is 13.2 Å². The zero-order valence-electron chi connectivity index (χ0n) is 33.9. The molecule has 0 aliphatic heterocycles. The monoisotopic (exact) mass is 709 g/mol. The van der Waals surface area contributed by atoms with E-state index in [0.29, 0.717) is 12.8 Å². The van der Waals surface area contributed by atoms with E-state index in [1.54, 1.807) is 0 Å². The number of ether oxygens (including phenoxy) is 2. The molecule has 0 heterocycles. The average Bonchev–Trinajstić information content (AvgIpc) is 3.12. The van der Waals surface area contributed by atoms with Crippen LogP contribution in [0.5, 0.6) is 0 Å². The number of aliphatic hydroxyl groups excluding tert-OH is 1. The third-order valence-corrected chi connectivity index (χ3v) is 10.4. The van der Waals surface area contributed by atoms with E-state index in [1.807, 2.05) is 0 Å². The summed E-state index contributed by atoms with van der Waals surface area (Å²) >= 11 is 0. The third kappa shape index (κ3) is 39.7. The molecule has 0 fully saturated rings. The first-order valence-corrected chi connectivity index (χ1v) is 22.6.